The van der Waals surface area contributed by atoms with Crippen LogP contribution >= 0.6 is 0 Å². The molecule has 0 aromatic carbocycles. The second-order valence-corrected chi connectivity index (χ2v) is 12.3. The number of ketones is 1. The van der Waals surface area contributed by atoms with Gasteiger partial charge in [0.05, 0.1) is 5.60 Å². The maximum atomic E-state index is 13.0. The quantitative estimate of drug-likeness (QED) is 0.317. The van der Waals surface area contributed by atoms with E-state index >= 15 is 0 Å². The van der Waals surface area contributed by atoms with Crippen molar-refractivity contribution in [1.29, 1.82) is 0 Å². The molecule has 4 fully saturated rings. The highest BCUT2D eigenvalue weighted by molar-refractivity contribution is 5.96. The van der Waals surface area contributed by atoms with Crippen molar-refractivity contribution in [1.82, 2.24) is 0 Å². The second-order valence-electron chi connectivity index (χ2n) is 12.3. The van der Waals surface area contributed by atoms with Crippen molar-refractivity contribution in [3.05, 3.63) is 11.6 Å². The van der Waals surface area contributed by atoms with Crippen molar-refractivity contribution in [3.8, 4) is 0 Å². The van der Waals surface area contributed by atoms with Crippen LogP contribution in [0.15, 0.2) is 11.6 Å². The summed E-state index contributed by atoms with van der Waals surface area (Å²) < 4.78 is 34.5. The number of carbonyl (C=O) groups is 5. The van der Waals surface area contributed by atoms with Gasteiger partial charge in [-0.05, 0) is 62.9 Å². The first-order chi connectivity index (χ1) is 18.6. The van der Waals surface area contributed by atoms with Crippen LogP contribution in [0.2, 0.25) is 0 Å². The summed E-state index contributed by atoms with van der Waals surface area (Å²) >= 11 is 0. The number of hydrogen-bond donors (Lipinski definition) is 0. The second kappa shape index (κ2) is 10.9. The third-order valence-corrected chi connectivity index (χ3v) is 9.08. The topological polar surface area (TPSA) is 141 Å². The first-order valence-corrected chi connectivity index (χ1v) is 13.8. The highest BCUT2D eigenvalue weighted by Crippen LogP contribution is 2.71. The van der Waals surface area contributed by atoms with E-state index in [1.165, 1.54) is 27.7 Å². The summed E-state index contributed by atoms with van der Waals surface area (Å²) in [5.41, 5.74) is 0.166. The minimum Gasteiger partial charge on any atom is -0.463 e. The lowest BCUT2D eigenvalue weighted by molar-refractivity contribution is -0.340. The molecule has 10 atom stereocenters. The number of rotatable bonds is 8. The molecular formula is C29H40O11. The van der Waals surface area contributed by atoms with Gasteiger partial charge >= 0.3 is 23.9 Å². The van der Waals surface area contributed by atoms with E-state index in [2.05, 4.69) is 6.92 Å². The zero-order valence-corrected chi connectivity index (χ0v) is 24.4. The zero-order valence-electron chi connectivity index (χ0n) is 24.4. The first-order valence-electron chi connectivity index (χ1n) is 13.8. The molecule has 11 heteroatoms. The Morgan fingerprint density at radius 1 is 0.925 bits per heavy atom. The molecule has 0 radical (unpaired) electrons. The maximum Gasteiger partial charge on any atom is 0.303 e. The van der Waals surface area contributed by atoms with Crippen molar-refractivity contribution >= 4 is 29.7 Å². The summed E-state index contributed by atoms with van der Waals surface area (Å²) in [4.78, 5) is 60.9. The van der Waals surface area contributed by atoms with E-state index in [0.717, 1.165) is 18.4 Å². The van der Waals surface area contributed by atoms with Gasteiger partial charge in [0.15, 0.2) is 30.4 Å². The standard InChI is InChI=1S/C29H40O11/c1-13-11-19(34)23-21-18(9-10-29(23,8)22(13)21)28(6,7)40-27-26(38-17(5)33)25(37-16(4)32)24(36-15(3)31)20(39-27)12-35-14(2)30/h11,18,20-27H,9-10,12H2,1-8H3/t18?,20-,21?,22-,23+,24-,25+,26-,27+,29+/m0/s1. The summed E-state index contributed by atoms with van der Waals surface area (Å²) in [7, 11) is 0. The van der Waals surface area contributed by atoms with Crippen LogP contribution in [0.5, 0.6) is 0 Å². The van der Waals surface area contributed by atoms with E-state index in [1.54, 1.807) is 6.08 Å². The Morgan fingerprint density at radius 2 is 1.50 bits per heavy atom. The molecular weight excluding hydrogens is 524 g/mol. The summed E-state index contributed by atoms with van der Waals surface area (Å²) in [6.07, 6.45) is -2.74. The van der Waals surface area contributed by atoms with Crippen molar-refractivity contribution in [3.63, 3.8) is 0 Å². The highest BCUT2D eigenvalue weighted by Gasteiger charge is 2.70. The number of carbonyl (C=O) groups excluding carboxylic acids is 5. The number of ether oxygens (including phenoxy) is 6. The summed E-state index contributed by atoms with van der Waals surface area (Å²) in [5.74, 6) is -2.28. The molecule has 0 N–H and O–H groups in total. The van der Waals surface area contributed by atoms with E-state index in [1.807, 2.05) is 20.8 Å². The Bertz CT molecular complexity index is 1110. The van der Waals surface area contributed by atoms with Gasteiger partial charge in [0.1, 0.15) is 12.7 Å². The van der Waals surface area contributed by atoms with Crippen molar-refractivity contribution in [2.45, 2.75) is 105 Å². The van der Waals surface area contributed by atoms with Crippen LogP contribution in [0.25, 0.3) is 0 Å². The molecule has 0 aromatic rings. The fourth-order valence-electron chi connectivity index (χ4n) is 7.80. The normalized spacial score (nSPS) is 38.4. The molecule has 0 amide bonds. The molecule has 4 aliphatic carbocycles. The van der Waals surface area contributed by atoms with E-state index in [0.29, 0.717) is 0 Å². The van der Waals surface area contributed by atoms with Crippen LogP contribution in [0.1, 0.15) is 68.2 Å². The van der Waals surface area contributed by atoms with Crippen LogP contribution < -0.4 is 0 Å². The lowest BCUT2D eigenvalue weighted by Crippen LogP contribution is -2.70. The van der Waals surface area contributed by atoms with Gasteiger partial charge in [0, 0.05) is 33.6 Å². The Hall–Kier alpha value is -2.79. The average molecular weight is 565 g/mol. The lowest BCUT2D eigenvalue weighted by Gasteiger charge is -2.70. The molecule has 1 heterocycles. The molecule has 3 saturated carbocycles. The molecule has 40 heavy (non-hydrogen) atoms. The van der Waals surface area contributed by atoms with Crippen LogP contribution in [0.4, 0.5) is 0 Å². The Morgan fingerprint density at radius 3 is 2.05 bits per heavy atom. The molecule has 2 unspecified atom stereocenters. The largest absolute Gasteiger partial charge is 0.463 e. The minimum atomic E-state index is -1.30. The summed E-state index contributed by atoms with van der Waals surface area (Å²) in [6, 6.07) is 0. The van der Waals surface area contributed by atoms with E-state index in [4.69, 9.17) is 28.4 Å². The van der Waals surface area contributed by atoms with Crippen molar-refractivity contribution < 1.29 is 52.4 Å². The van der Waals surface area contributed by atoms with Gasteiger partial charge in [-0.2, -0.15) is 0 Å². The molecule has 0 aromatic heterocycles. The van der Waals surface area contributed by atoms with Gasteiger partial charge in [-0.25, -0.2) is 0 Å². The molecule has 222 valence electrons. The van der Waals surface area contributed by atoms with E-state index in [9.17, 15) is 24.0 Å². The van der Waals surface area contributed by atoms with Crippen LogP contribution in [-0.4, -0.2) is 72.6 Å². The third-order valence-electron chi connectivity index (χ3n) is 9.08. The minimum absolute atomic E-state index is 0.0243. The average Bonchev–Trinajstić information content (AvgIpc) is 2.80. The summed E-state index contributed by atoms with van der Waals surface area (Å²) in [6.45, 7) is 12.4. The lowest BCUT2D eigenvalue weighted by atomic mass is 9.34. The van der Waals surface area contributed by atoms with E-state index < -0.39 is 60.2 Å². The number of esters is 4. The number of fused-ring (bicyclic) bond motifs is 2. The highest BCUT2D eigenvalue weighted by atomic mass is 16.7. The predicted octanol–water partition coefficient (Wildman–Crippen LogP) is 2.67. The molecule has 0 spiro atoms. The Kier molecular flexibility index (Phi) is 8.21. The molecule has 5 rings (SSSR count). The first kappa shape index (κ1) is 30.2. The zero-order chi connectivity index (χ0) is 29.7. The van der Waals surface area contributed by atoms with Crippen LogP contribution in [-0.2, 0) is 52.4 Å². The monoisotopic (exact) mass is 564 g/mol. The van der Waals surface area contributed by atoms with Crippen LogP contribution in [0.3, 0.4) is 0 Å². The van der Waals surface area contributed by atoms with Gasteiger partial charge in [-0.3, -0.25) is 24.0 Å². The van der Waals surface area contributed by atoms with Crippen LogP contribution in [0, 0.1) is 29.1 Å². The van der Waals surface area contributed by atoms with Crippen molar-refractivity contribution in [2.75, 3.05) is 6.61 Å². The van der Waals surface area contributed by atoms with Crippen molar-refractivity contribution in [2.24, 2.45) is 29.1 Å². The number of allylic oxidation sites excluding steroid dienone is 2. The molecule has 11 nitrogen and oxygen atoms in total. The Labute approximate surface area is 234 Å². The molecule has 1 aliphatic heterocycles. The number of hydrogen-bond acceptors (Lipinski definition) is 11. The van der Waals surface area contributed by atoms with Gasteiger partial charge in [-0.1, -0.05) is 12.5 Å². The summed E-state index contributed by atoms with van der Waals surface area (Å²) in [5, 5.41) is 0. The predicted molar refractivity (Wildman–Crippen MR) is 137 cm³/mol. The Balaban J connectivity index is 1.66. The fraction of sp³-hybridized carbons (Fsp3) is 0.759. The molecule has 5 aliphatic rings. The van der Waals surface area contributed by atoms with Gasteiger partial charge in [0.2, 0.25) is 0 Å². The van der Waals surface area contributed by atoms with Gasteiger partial charge in [-0.15, -0.1) is 0 Å². The molecule has 1 saturated heterocycles. The fourth-order valence-corrected chi connectivity index (χ4v) is 7.80. The van der Waals surface area contributed by atoms with Gasteiger partial charge in [0.25, 0.3) is 0 Å². The van der Waals surface area contributed by atoms with E-state index in [-0.39, 0.29) is 41.5 Å². The SMILES string of the molecule is CC(=O)OC[C@@H]1O[C@H](OC(C)(C)C2CC[C@@]3(C)[C@@H]4C(=O)C=C(C)[C@H]3C24)[C@@H](OC(C)=O)[C@H](OC(C)=O)[C@H]1OC(C)=O. The smallest absolute Gasteiger partial charge is 0.303 e. The molecule has 4 bridgehead atoms. The maximum absolute atomic E-state index is 13.0. The van der Waals surface area contributed by atoms with Gasteiger partial charge < -0.3 is 28.4 Å². The third kappa shape index (κ3) is 5.42.